The number of nitrogens with zero attached hydrogens (tertiary/aromatic N) is 3. The SMILES string of the molecule is COC(=O)CCCN1CC2c3c(c4ccccc4n3C1=O)CCN2Cc1ccccc1. The number of rotatable bonds is 6. The van der Waals surface area contributed by atoms with Crippen LogP contribution in [0.25, 0.3) is 10.9 Å². The average Bonchev–Trinajstić information content (AvgIpc) is 3.14. The third-order valence-electron chi connectivity index (χ3n) is 6.55. The number of carbonyl (C=O) groups is 2. The molecule has 2 aromatic carbocycles. The Hall–Kier alpha value is -3.12. The van der Waals surface area contributed by atoms with Gasteiger partial charge in [0.25, 0.3) is 0 Å². The van der Waals surface area contributed by atoms with Crippen LogP contribution in [-0.4, -0.2) is 53.1 Å². The maximum absolute atomic E-state index is 13.5. The average molecular weight is 418 g/mol. The largest absolute Gasteiger partial charge is 0.469 e. The second-order valence-corrected chi connectivity index (χ2v) is 8.35. The summed E-state index contributed by atoms with van der Waals surface area (Å²) in [6, 6.07) is 18.9. The number of fused-ring (bicyclic) bond motifs is 3. The van der Waals surface area contributed by atoms with Gasteiger partial charge in [-0.15, -0.1) is 0 Å². The summed E-state index contributed by atoms with van der Waals surface area (Å²) >= 11 is 0. The number of para-hydroxylation sites is 1. The number of aromatic nitrogens is 1. The van der Waals surface area contributed by atoms with Crippen molar-refractivity contribution in [1.82, 2.24) is 14.4 Å². The molecular formula is C25H27N3O3. The molecule has 0 saturated heterocycles. The third kappa shape index (κ3) is 3.51. The van der Waals surface area contributed by atoms with E-state index in [1.807, 2.05) is 27.7 Å². The van der Waals surface area contributed by atoms with Gasteiger partial charge in [0.1, 0.15) is 0 Å². The van der Waals surface area contributed by atoms with Crippen LogP contribution < -0.4 is 0 Å². The Morgan fingerprint density at radius 1 is 1.10 bits per heavy atom. The second-order valence-electron chi connectivity index (χ2n) is 8.35. The molecule has 31 heavy (non-hydrogen) atoms. The second kappa shape index (κ2) is 8.19. The molecule has 0 radical (unpaired) electrons. The van der Waals surface area contributed by atoms with Crippen LogP contribution in [0.1, 0.15) is 35.7 Å². The van der Waals surface area contributed by atoms with Crippen LogP contribution in [0.5, 0.6) is 0 Å². The summed E-state index contributed by atoms with van der Waals surface area (Å²) in [5, 5.41) is 1.19. The number of benzene rings is 2. The number of carbonyl (C=O) groups excluding carboxylic acids is 2. The number of methoxy groups -OCH3 is 1. The number of hydrogen-bond donors (Lipinski definition) is 0. The Bertz CT molecular complexity index is 1120. The molecule has 0 N–H and O–H groups in total. The van der Waals surface area contributed by atoms with Gasteiger partial charge in [0, 0.05) is 38.0 Å². The van der Waals surface area contributed by atoms with Gasteiger partial charge in [-0.05, 0) is 30.0 Å². The van der Waals surface area contributed by atoms with Crippen molar-refractivity contribution in [2.75, 3.05) is 26.7 Å². The van der Waals surface area contributed by atoms with Gasteiger partial charge in [0.05, 0.1) is 24.4 Å². The van der Waals surface area contributed by atoms with Crippen molar-refractivity contribution in [1.29, 1.82) is 0 Å². The highest BCUT2D eigenvalue weighted by Gasteiger charge is 2.40. The predicted molar refractivity (Wildman–Crippen MR) is 119 cm³/mol. The van der Waals surface area contributed by atoms with Crippen molar-refractivity contribution < 1.29 is 14.3 Å². The summed E-state index contributed by atoms with van der Waals surface area (Å²) in [5.74, 6) is -0.234. The maximum Gasteiger partial charge on any atom is 0.328 e. The Labute approximate surface area is 182 Å². The molecule has 1 unspecified atom stereocenters. The number of hydrogen-bond acceptors (Lipinski definition) is 4. The smallest absolute Gasteiger partial charge is 0.328 e. The van der Waals surface area contributed by atoms with E-state index in [0.29, 0.717) is 25.9 Å². The monoisotopic (exact) mass is 417 g/mol. The van der Waals surface area contributed by atoms with Crippen LogP contribution in [0.15, 0.2) is 54.6 Å². The van der Waals surface area contributed by atoms with Crippen molar-refractivity contribution in [2.45, 2.75) is 31.8 Å². The lowest BCUT2D eigenvalue weighted by Gasteiger charge is -2.43. The summed E-state index contributed by atoms with van der Waals surface area (Å²) in [6.07, 6.45) is 1.87. The van der Waals surface area contributed by atoms with Gasteiger partial charge in [-0.25, -0.2) is 4.79 Å². The zero-order valence-electron chi connectivity index (χ0n) is 17.8. The fourth-order valence-electron chi connectivity index (χ4n) is 5.07. The van der Waals surface area contributed by atoms with E-state index in [9.17, 15) is 9.59 Å². The predicted octanol–water partition coefficient (Wildman–Crippen LogP) is 3.98. The van der Waals surface area contributed by atoms with Gasteiger partial charge in [-0.3, -0.25) is 14.3 Å². The highest BCUT2D eigenvalue weighted by Crippen LogP contribution is 2.41. The molecule has 160 valence electrons. The van der Waals surface area contributed by atoms with Gasteiger partial charge >= 0.3 is 12.0 Å². The number of amides is 1. The van der Waals surface area contributed by atoms with Gasteiger partial charge in [-0.1, -0.05) is 48.5 Å². The first-order valence-electron chi connectivity index (χ1n) is 10.9. The van der Waals surface area contributed by atoms with E-state index >= 15 is 0 Å². The first-order chi connectivity index (χ1) is 15.2. The minimum absolute atomic E-state index is 0.0140. The number of esters is 1. The highest BCUT2D eigenvalue weighted by atomic mass is 16.5. The van der Waals surface area contributed by atoms with E-state index in [1.54, 1.807) is 0 Å². The molecule has 3 heterocycles. The van der Waals surface area contributed by atoms with Crippen molar-refractivity contribution in [3.05, 3.63) is 71.4 Å². The topological polar surface area (TPSA) is 54.8 Å². The Morgan fingerprint density at radius 3 is 2.68 bits per heavy atom. The molecule has 0 aliphatic carbocycles. The van der Waals surface area contributed by atoms with Crippen LogP contribution in [-0.2, 0) is 22.5 Å². The standard InChI is InChI=1S/C25H27N3O3/c1-31-23(29)12-7-14-27-17-22-24-20(13-15-26(22)16-18-8-3-2-4-9-18)19-10-5-6-11-21(19)28(24)25(27)30/h2-6,8-11,22H,7,12-17H2,1H3. The minimum Gasteiger partial charge on any atom is -0.469 e. The van der Waals surface area contributed by atoms with Gasteiger partial charge in [0.2, 0.25) is 0 Å². The van der Waals surface area contributed by atoms with Crippen LogP contribution in [0.4, 0.5) is 4.79 Å². The molecule has 1 aromatic heterocycles. The molecule has 2 aliphatic heterocycles. The summed E-state index contributed by atoms with van der Waals surface area (Å²) in [4.78, 5) is 29.4. The molecule has 6 heteroatoms. The van der Waals surface area contributed by atoms with E-state index in [-0.39, 0.29) is 18.0 Å². The molecule has 6 nitrogen and oxygen atoms in total. The molecule has 5 rings (SSSR count). The molecule has 0 saturated carbocycles. The lowest BCUT2D eigenvalue weighted by molar-refractivity contribution is -0.140. The van der Waals surface area contributed by atoms with Crippen molar-refractivity contribution in [3.8, 4) is 0 Å². The highest BCUT2D eigenvalue weighted by molar-refractivity contribution is 5.96. The molecule has 0 fully saturated rings. The molecule has 3 aromatic rings. The van der Waals surface area contributed by atoms with E-state index < -0.39 is 0 Å². The fourth-order valence-corrected chi connectivity index (χ4v) is 5.07. The fraction of sp³-hybridized carbons (Fsp3) is 0.360. The molecule has 1 atom stereocenters. The lowest BCUT2D eigenvalue weighted by Crippen LogP contribution is -2.50. The van der Waals surface area contributed by atoms with E-state index in [2.05, 4.69) is 41.3 Å². The zero-order chi connectivity index (χ0) is 21.4. The van der Waals surface area contributed by atoms with E-state index in [1.165, 1.54) is 23.6 Å². The van der Waals surface area contributed by atoms with Crippen LogP contribution in [0.3, 0.4) is 0 Å². The first kappa shape index (κ1) is 19.8. The molecule has 1 amide bonds. The Balaban J connectivity index is 1.51. The van der Waals surface area contributed by atoms with E-state index in [0.717, 1.165) is 30.7 Å². The van der Waals surface area contributed by atoms with Gasteiger partial charge in [0.15, 0.2) is 0 Å². The molecule has 2 aliphatic rings. The minimum atomic E-state index is -0.234. The van der Waals surface area contributed by atoms with Crippen molar-refractivity contribution >= 4 is 22.9 Å². The summed E-state index contributed by atoms with van der Waals surface area (Å²) < 4.78 is 6.69. The van der Waals surface area contributed by atoms with Crippen molar-refractivity contribution in [3.63, 3.8) is 0 Å². The normalized spacial score (nSPS) is 18.3. The lowest BCUT2D eigenvalue weighted by atomic mass is 9.95. The van der Waals surface area contributed by atoms with Crippen molar-refractivity contribution in [2.24, 2.45) is 0 Å². The maximum atomic E-state index is 13.5. The Morgan fingerprint density at radius 2 is 1.87 bits per heavy atom. The molecule has 0 bridgehead atoms. The molecule has 0 spiro atoms. The summed E-state index contributed by atoms with van der Waals surface area (Å²) in [6.45, 7) is 3.02. The first-order valence-corrected chi connectivity index (χ1v) is 10.9. The quantitative estimate of drug-likeness (QED) is 0.570. The van der Waals surface area contributed by atoms with Crippen LogP contribution >= 0.6 is 0 Å². The third-order valence-corrected chi connectivity index (χ3v) is 6.55. The Kier molecular flexibility index (Phi) is 5.24. The number of ether oxygens (including phenoxy) is 1. The van der Waals surface area contributed by atoms with E-state index in [4.69, 9.17) is 4.74 Å². The van der Waals surface area contributed by atoms with Gasteiger partial charge < -0.3 is 9.64 Å². The molecular weight excluding hydrogens is 390 g/mol. The summed E-state index contributed by atoms with van der Waals surface area (Å²) in [7, 11) is 1.40. The van der Waals surface area contributed by atoms with Gasteiger partial charge in [-0.2, -0.15) is 0 Å². The zero-order valence-corrected chi connectivity index (χ0v) is 17.8. The van der Waals surface area contributed by atoms with Crippen LogP contribution in [0, 0.1) is 0 Å². The van der Waals surface area contributed by atoms with Crippen LogP contribution in [0.2, 0.25) is 0 Å². The summed E-state index contributed by atoms with van der Waals surface area (Å²) in [5.41, 5.74) is 4.73.